The Labute approximate surface area is 237 Å². The van der Waals surface area contributed by atoms with Gasteiger partial charge in [-0.25, -0.2) is 25.5 Å². The largest absolute Gasteiger partial charge is 0.326 e. The number of piperidine rings is 1. The van der Waals surface area contributed by atoms with Crippen LogP contribution in [0.5, 0.6) is 0 Å². The number of hydrogen-bond acceptors (Lipinski definition) is 5. The summed E-state index contributed by atoms with van der Waals surface area (Å²) >= 11 is 12.1. The molecule has 0 unspecified atom stereocenters. The summed E-state index contributed by atoms with van der Waals surface area (Å²) in [5.74, 6) is -1.98. The van der Waals surface area contributed by atoms with Crippen LogP contribution in [0.2, 0.25) is 10.0 Å². The van der Waals surface area contributed by atoms with E-state index in [1.165, 1.54) is 46.8 Å². The SMILES string of the molecule is Cc1ccc(NS(=O)(=O)c2ccc(NC(=O)C3CCN(S(=O)(=O)Cc4c(F)cccc4Cl)CC3)cc2)cc1Cl. The van der Waals surface area contributed by atoms with Crippen LogP contribution in [0.1, 0.15) is 24.0 Å². The van der Waals surface area contributed by atoms with Crippen LogP contribution in [0.15, 0.2) is 65.6 Å². The molecule has 8 nitrogen and oxygen atoms in total. The van der Waals surface area contributed by atoms with Gasteiger partial charge in [-0.15, -0.1) is 0 Å². The van der Waals surface area contributed by atoms with Crippen molar-refractivity contribution in [3.8, 4) is 0 Å². The zero-order valence-corrected chi connectivity index (χ0v) is 24.0. The molecule has 0 aliphatic carbocycles. The molecule has 0 spiro atoms. The fraction of sp³-hybridized carbons (Fsp3) is 0.269. The Bertz CT molecular complexity index is 1570. The lowest BCUT2D eigenvalue weighted by molar-refractivity contribution is -0.120. The third-order valence-electron chi connectivity index (χ3n) is 6.46. The number of nitrogens with one attached hydrogen (secondary N) is 2. The molecular formula is C26H26Cl2FN3O5S2. The molecule has 13 heteroatoms. The van der Waals surface area contributed by atoms with Gasteiger partial charge < -0.3 is 5.32 Å². The summed E-state index contributed by atoms with van der Waals surface area (Å²) in [6.45, 7) is 2.03. The monoisotopic (exact) mass is 613 g/mol. The average molecular weight is 615 g/mol. The lowest BCUT2D eigenvalue weighted by Gasteiger charge is -2.30. The van der Waals surface area contributed by atoms with E-state index in [0.29, 0.717) is 16.4 Å². The summed E-state index contributed by atoms with van der Waals surface area (Å²) in [4.78, 5) is 12.8. The Morgan fingerprint density at radius 3 is 2.21 bits per heavy atom. The molecule has 1 fully saturated rings. The lowest BCUT2D eigenvalue weighted by Crippen LogP contribution is -2.42. The summed E-state index contributed by atoms with van der Waals surface area (Å²) in [7, 11) is -7.70. The van der Waals surface area contributed by atoms with E-state index in [4.69, 9.17) is 23.2 Å². The van der Waals surface area contributed by atoms with Crippen LogP contribution in [0.4, 0.5) is 15.8 Å². The summed E-state index contributed by atoms with van der Waals surface area (Å²) in [5.41, 5.74) is 1.47. The first-order valence-corrected chi connectivity index (χ1v) is 15.8. The van der Waals surface area contributed by atoms with E-state index in [0.717, 1.165) is 11.6 Å². The molecule has 1 aliphatic heterocycles. The van der Waals surface area contributed by atoms with Gasteiger partial charge in [0.2, 0.25) is 15.9 Å². The van der Waals surface area contributed by atoms with Gasteiger partial charge in [-0.05, 0) is 73.9 Å². The van der Waals surface area contributed by atoms with Crippen molar-refractivity contribution in [2.45, 2.75) is 30.4 Å². The first-order chi connectivity index (χ1) is 18.4. The first kappa shape index (κ1) is 29.3. The number of amides is 1. The Morgan fingerprint density at radius 1 is 0.949 bits per heavy atom. The van der Waals surface area contributed by atoms with E-state index < -0.39 is 37.5 Å². The maximum absolute atomic E-state index is 14.1. The Balaban J connectivity index is 1.33. The van der Waals surface area contributed by atoms with Crippen molar-refractivity contribution in [2.75, 3.05) is 23.1 Å². The highest BCUT2D eigenvalue weighted by atomic mass is 35.5. The zero-order chi connectivity index (χ0) is 28.4. The van der Waals surface area contributed by atoms with E-state index in [1.54, 1.807) is 12.1 Å². The Kier molecular flexibility index (Phi) is 8.87. The highest BCUT2D eigenvalue weighted by molar-refractivity contribution is 7.92. The maximum atomic E-state index is 14.1. The van der Waals surface area contributed by atoms with Crippen molar-refractivity contribution in [2.24, 2.45) is 5.92 Å². The van der Waals surface area contributed by atoms with Gasteiger partial charge in [0.05, 0.1) is 16.3 Å². The van der Waals surface area contributed by atoms with Crippen LogP contribution in [0.3, 0.4) is 0 Å². The van der Waals surface area contributed by atoms with Crippen molar-refractivity contribution < 1.29 is 26.0 Å². The molecule has 0 aromatic heterocycles. The van der Waals surface area contributed by atoms with Crippen molar-refractivity contribution in [1.82, 2.24) is 4.31 Å². The van der Waals surface area contributed by atoms with Gasteiger partial charge in [0.1, 0.15) is 5.82 Å². The second kappa shape index (κ2) is 11.8. The normalized spacial score (nSPS) is 15.2. The standard InChI is InChI=1S/C26H26Cl2FN3O5S2/c1-17-5-6-20(15-24(17)28)31-39(36,37)21-9-7-19(8-10-21)30-26(33)18-11-13-32(14-12-18)38(34,35)16-22-23(27)3-2-4-25(22)29/h2-10,15,18,31H,11-14,16H2,1H3,(H,30,33). The number of rotatable bonds is 8. The van der Waals surface area contributed by atoms with Crippen LogP contribution in [0, 0.1) is 18.7 Å². The molecule has 0 atom stereocenters. The highest BCUT2D eigenvalue weighted by Gasteiger charge is 2.32. The highest BCUT2D eigenvalue weighted by Crippen LogP contribution is 2.27. The van der Waals surface area contributed by atoms with Gasteiger partial charge in [0, 0.05) is 40.3 Å². The number of benzene rings is 3. The topological polar surface area (TPSA) is 113 Å². The number of aryl methyl sites for hydroxylation is 1. The minimum absolute atomic E-state index is 0.00525. The predicted molar refractivity (Wildman–Crippen MR) is 150 cm³/mol. The third kappa shape index (κ3) is 7.09. The minimum atomic E-state index is -3.87. The fourth-order valence-corrected chi connectivity index (χ4v) is 7.32. The summed E-state index contributed by atoms with van der Waals surface area (Å²) in [6, 6.07) is 14.5. The molecule has 208 valence electrons. The molecule has 4 rings (SSSR count). The third-order valence-corrected chi connectivity index (χ3v) is 10.4. The smallest absolute Gasteiger partial charge is 0.261 e. The van der Waals surface area contributed by atoms with E-state index in [9.17, 15) is 26.0 Å². The van der Waals surface area contributed by atoms with Crippen LogP contribution in [0.25, 0.3) is 0 Å². The summed E-state index contributed by atoms with van der Waals surface area (Å²) in [6.07, 6.45) is 0.567. The molecule has 39 heavy (non-hydrogen) atoms. The number of nitrogens with zero attached hydrogens (tertiary/aromatic N) is 1. The molecule has 0 radical (unpaired) electrons. The second-order valence-electron chi connectivity index (χ2n) is 9.21. The first-order valence-electron chi connectivity index (χ1n) is 12.0. The van der Waals surface area contributed by atoms with E-state index in [1.807, 2.05) is 6.92 Å². The quantitative estimate of drug-likeness (QED) is 0.352. The average Bonchev–Trinajstić information content (AvgIpc) is 2.89. The zero-order valence-electron chi connectivity index (χ0n) is 20.8. The van der Waals surface area contributed by atoms with Crippen LogP contribution in [-0.4, -0.2) is 40.1 Å². The van der Waals surface area contributed by atoms with Crippen molar-refractivity contribution >= 4 is 60.5 Å². The summed E-state index contributed by atoms with van der Waals surface area (Å²) in [5, 5.41) is 3.24. The van der Waals surface area contributed by atoms with Crippen LogP contribution >= 0.6 is 23.2 Å². The molecule has 1 saturated heterocycles. The second-order valence-corrected chi connectivity index (χ2v) is 13.7. The number of carbonyl (C=O) groups excluding carboxylic acids is 1. The predicted octanol–water partition coefficient (Wildman–Crippen LogP) is 5.42. The van der Waals surface area contributed by atoms with Crippen LogP contribution < -0.4 is 10.0 Å². The molecule has 3 aromatic carbocycles. The van der Waals surface area contributed by atoms with Gasteiger partial charge in [0.25, 0.3) is 10.0 Å². The van der Waals surface area contributed by atoms with Gasteiger partial charge in [0.15, 0.2) is 0 Å². The minimum Gasteiger partial charge on any atom is -0.326 e. The van der Waals surface area contributed by atoms with Gasteiger partial charge in [-0.2, -0.15) is 0 Å². The maximum Gasteiger partial charge on any atom is 0.261 e. The molecule has 1 amide bonds. The molecule has 0 bridgehead atoms. The molecule has 2 N–H and O–H groups in total. The molecular weight excluding hydrogens is 588 g/mol. The summed E-state index contributed by atoms with van der Waals surface area (Å²) < 4.78 is 68.9. The number of halogens is 3. The number of carbonyl (C=O) groups is 1. The lowest BCUT2D eigenvalue weighted by atomic mass is 9.97. The van der Waals surface area contributed by atoms with Crippen molar-refractivity contribution in [3.05, 3.63) is 87.7 Å². The molecule has 3 aromatic rings. The number of anilines is 2. The van der Waals surface area contributed by atoms with Gasteiger partial charge in [-0.3, -0.25) is 9.52 Å². The van der Waals surface area contributed by atoms with Crippen molar-refractivity contribution in [1.29, 1.82) is 0 Å². The fourth-order valence-electron chi connectivity index (χ4n) is 4.17. The van der Waals surface area contributed by atoms with Gasteiger partial charge >= 0.3 is 0 Å². The van der Waals surface area contributed by atoms with Crippen LogP contribution in [-0.2, 0) is 30.6 Å². The molecule has 1 aliphatic rings. The van der Waals surface area contributed by atoms with E-state index >= 15 is 0 Å². The van der Waals surface area contributed by atoms with E-state index in [-0.39, 0.29) is 47.3 Å². The van der Waals surface area contributed by atoms with E-state index in [2.05, 4.69) is 10.0 Å². The van der Waals surface area contributed by atoms with Gasteiger partial charge in [-0.1, -0.05) is 35.3 Å². The number of sulfonamides is 2. The van der Waals surface area contributed by atoms with Crippen molar-refractivity contribution in [3.63, 3.8) is 0 Å². The molecule has 1 heterocycles. The molecule has 0 saturated carbocycles. The Morgan fingerprint density at radius 2 is 1.59 bits per heavy atom. The number of hydrogen-bond donors (Lipinski definition) is 2. The Hall–Kier alpha value is -2.70.